The van der Waals surface area contributed by atoms with Gasteiger partial charge in [-0.15, -0.1) is 0 Å². The number of hydrogen-bond donors (Lipinski definition) is 3. The van der Waals surface area contributed by atoms with E-state index in [9.17, 15) is 9.59 Å². The summed E-state index contributed by atoms with van der Waals surface area (Å²) in [6, 6.07) is 4.16. The second-order valence-electron chi connectivity index (χ2n) is 3.70. The van der Waals surface area contributed by atoms with Crippen molar-refractivity contribution >= 4 is 17.6 Å². The molecule has 1 aromatic rings. The number of ether oxygens (including phenoxy) is 1. The Morgan fingerprint density at radius 1 is 1.44 bits per heavy atom. The number of carboxylic acids is 1. The molecule has 1 amide bonds. The molecule has 4 N–H and O–H groups in total. The molecule has 1 aromatic carbocycles. The maximum atomic E-state index is 11.2. The minimum absolute atomic E-state index is 0.106. The number of rotatable bonds is 7. The molecule has 0 heterocycles. The highest BCUT2D eigenvalue weighted by molar-refractivity contribution is 6.00. The Morgan fingerprint density at radius 3 is 2.72 bits per heavy atom. The molecule has 0 saturated carbocycles. The van der Waals surface area contributed by atoms with Crippen LogP contribution in [0.5, 0.6) is 0 Å². The summed E-state index contributed by atoms with van der Waals surface area (Å²) in [5, 5.41) is 11.9. The lowest BCUT2D eigenvalue weighted by atomic mass is 10.1. The van der Waals surface area contributed by atoms with Crippen LogP contribution in [0.4, 0.5) is 5.69 Å². The lowest BCUT2D eigenvalue weighted by Gasteiger charge is -2.10. The van der Waals surface area contributed by atoms with Gasteiger partial charge in [0.2, 0.25) is 0 Å². The van der Waals surface area contributed by atoms with Crippen LogP contribution >= 0.6 is 0 Å². The van der Waals surface area contributed by atoms with Gasteiger partial charge in [0, 0.05) is 25.9 Å². The molecule has 18 heavy (non-hydrogen) atoms. The second-order valence-corrected chi connectivity index (χ2v) is 3.70. The Balaban J connectivity index is 2.86. The first-order chi connectivity index (χ1) is 8.56. The first-order valence-electron chi connectivity index (χ1n) is 5.46. The number of carbonyl (C=O) groups is 2. The molecule has 0 atom stereocenters. The van der Waals surface area contributed by atoms with E-state index in [1.165, 1.54) is 18.2 Å². The maximum Gasteiger partial charge on any atom is 0.335 e. The maximum absolute atomic E-state index is 11.2. The molecule has 0 unspecified atom stereocenters. The van der Waals surface area contributed by atoms with Gasteiger partial charge in [-0.05, 0) is 24.6 Å². The zero-order valence-corrected chi connectivity index (χ0v) is 10.1. The third-order valence-electron chi connectivity index (χ3n) is 2.37. The van der Waals surface area contributed by atoms with Gasteiger partial charge < -0.3 is 20.9 Å². The first-order valence-corrected chi connectivity index (χ1v) is 5.46. The van der Waals surface area contributed by atoms with Crippen LogP contribution in [-0.4, -0.2) is 37.2 Å². The van der Waals surface area contributed by atoms with Crippen LogP contribution in [0.3, 0.4) is 0 Å². The average Bonchev–Trinajstić information content (AvgIpc) is 2.34. The molecule has 1 rings (SSSR count). The van der Waals surface area contributed by atoms with E-state index in [1.54, 1.807) is 7.11 Å². The van der Waals surface area contributed by atoms with E-state index in [4.69, 9.17) is 15.6 Å². The van der Waals surface area contributed by atoms with Gasteiger partial charge in [-0.25, -0.2) is 4.79 Å². The number of carbonyl (C=O) groups excluding carboxylic acids is 1. The number of nitrogens with two attached hydrogens (primary N) is 1. The predicted molar refractivity (Wildman–Crippen MR) is 66.9 cm³/mol. The second kappa shape index (κ2) is 6.61. The highest BCUT2D eigenvalue weighted by Crippen LogP contribution is 2.17. The van der Waals surface area contributed by atoms with Gasteiger partial charge in [0.25, 0.3) is 5.91 Å². The third-order valence-corrected chi connectivity index (χ3v) is 2.37. The molecule has 98 valence electrons. The Kier molecular flexibility index (Phi) is 5.13. The number of nitrogens with one attached hydrogen (secondary N) is 1. The molecule has 0 aromatic heterocycles. The SMILES string of the molecule is COCCCNc1cc(C(=O)O)ccc1C(N)=O. The average molecular weight is 252 g/mol. The smallest absolute Gasteiger partial charge is 0.335 e. The Morgan fingerprint density at radius 2 is 2.17 bits per heavy atom. The highest BCUT2D eigenvalue weighted by Gasteiger charge is 2.11. The molecule has 0 spiro atoms. The van der Waals surface area contributed by atoms with Crippen molar-refractivity contribution in [2.24, 2.45) is 5.73 Å². The summed E-state index contributed by atoms with van der Waals surface area (Å²) in [7, 11) is 1.60. The molecule has 0 fully saturated rings. The Hall–Kier alpha value is -2.08. The van der Waals surface area contributed by atoms with Crippen molar-refractivity contribution in [2.45, 2.75) is 6.42 Å². The summed E-state index contributed by atoms with van der Waals surface area (Å²) in [6.45, 7) is 1.15. The Bertz CT molecular complexity index is 446. The van der Waals surface area contributed by atoms with E-state index in [-0.39, 0.29) is 11.1 Å². The number of aromatic carboxylic acids is 1. The zero-order chi connectivity index (χ0) is 13.5. The fraction of sp³-hybridized carbons (Fsp3) is 0.333. The fourth-order valence-electron chi connectivity index (χ4n) is 1.48. The molecule has 0 aliphatic rings. The van der Waals surface area contributed by atoms with Gasteiger partial charge in [0.1, 0.15) is 0 Å². The van der Waals surface area contributed by atoms with E-state index in [0.29, 0.717) is 18.8 Å². The minimum Gasteiger partial charge on any atom is -0.478 e. The third kappa shape index (κ3) is 3.74. The number of anilines is 1. The molecule has 0 aliphatic carbocycles. The number of benzene rings is 1. The van der Waals surface area contributed by atoms with Crippen LogP contribution in [0.25, 0.3) is 0 Å². The fourth-order valence-corrected chi connectivity index (χ4v) is 1.48. The number of methoxy groups -OCH3 is 1. The van der Waals surface area contributed by atoms with E-state index >= 15 is 0 Å². The monoisotopic (exact) mass is 252 g/mol. The molecule has 6 nitrogen and oxygen atoms in total. The van der Waals surface area contributed by atoms with Crippen LogP contribution in [0, 0.1) is 0 Å². The van der Waals surface area contributed by atoms with Crippen molar-refractivity contribution in [1.29, 1.82) is 0 Å². The molecular formula is C12H16N2O4. The van der Waals surface area contributed by atoms with Crippen LogP contribution in [-0.2, 0) is 4.74 Å². The summed E-state index contributed by atoms with van der Waals surface area (Å²) in [6.07, 6.45) is 0.742. The van der Waals surface area contributed by atoms with Gasteiger partial charge in [-0.1, -0.05) is 0 Å². The quantitative estimate of drug-likeness (QED) is 0.627. The number of primary amides is 1. The highest BCUT2D eigenvalue weighted by atomic mass is 16.5. The number of hydrogen-bond acceptors (Lipinski definition) is 4. The van der Waals surface area contributed by atoms with Crippen molar-refractivity contribution in [3.05, 3.63) is 29.3 Å². The molecule has 0 saturated heterocycles. The van der Waals surface area contributed by atoms with Crippen LogP contribution in [0.15, 0.2) is 18.2 Å². The molecule has 6 heteroatoms. The van der Waals surface area contributed by atoms with Crippen molar-refractivity contribution in [3.63, 3.8) is 0 Å². The van der Waals surface area contributed by atoms with Gasteiger partial charge in [-0.3, -0.25) is 4.79 Å². The number of carboxylic acid groups (broad SMARTS) is 1. The van der Waals surface area contributed by atoms with E-state index < -0.39 is 11.9 Å². The van der Waals surface area contributed by atoms with Gasteiger partial charge in [0.05, 0.1) is 11.1 Å². The summed E-state index contributed by atoms with van der Waals surface area (Å²) < 4.78 is 4.89. The lowest BCUT2D eigenvalue weighted by molar-refractivity contribution is 0.0696. The van der Waals surface area contributed by atoms with Crippen molar-refractivity contribution in [1.82, 2.24) is 0 Å². The zero-order valence-electron chi connectivity index (χ0n) is 10.1. The van der Waals surface area contributed by atoms with Crippen molar-refractivity contribution < 1.29 is 19.4 Å². The van der Waals surface area contributed by atoms with Crippen LogP contribution in [0.2, 0.25) is 0 Å². The lowest BCUT2D eigenvalue weighted by Crippen LogP contribution is -2.16. The molecular weight excluding hydrogens is 236 g/mol. The summed E-state index contributed by atoms with van der Waals surface area (Å²) in [5.41, 5.74) is 6.03. The predicted octanol–water partition coefficient (Wildman–Crippen LogP) is 0.932. The molecule has 0 bridgehead atoms. The van der Waals surface area contributed by atoms with Gasteiger partial charge in [-0.2, -0.15) is 0 Å². The molecule has 0 aliphatic heterocycles. The summed E-state index contributed by atoms with van der Waals surface area (Å²) in [4.78, 5) is 22.0. The Labute approximate surface area is 105 Å². The largest absolute Gasteiger partial charge is 0.478 e. The minimum atomic E-state index is -1.05. The van der Waals surface area contributed by atoms with E-state index in [2.05, 4.69) is 5.32 Å². The van der Waals surface area contributed by atoms with Gasteiger partial charge in [0.15, 0.2) is 0 Å². The van der Waals surface area contributed by atoms with Crippen LogP contribution in [0.1, 0.15) is 27.1 Å². The standard InChI is InChI=1S/C12H16N2O4/c1-18-6-2-5-14-10-7-8(12(16)17)3-4-9(10)11(13)15/h3-4,7,14H,2,5-6H2,1H3,(H2,13,15)(H,16,17). The summed E-state index contributed by atoms with van der Waals surface area (Å²) >= 11 is 0. The van der Waals surface area contributed by atoms with Gasteiger partial charge >= 0.3 is 5.97 Å². The molecule has 0 radical (unpaired) electrons. The number of amides is 1. The van der Waals surface area contributed by atoms with Crippen molar-refractivity contribution in [2.75, 3.05) is 25.6 Å². The summed E-state index contributed by atoms with van der Waals surface area (Å²) in [5.74, 6) is -1.65. The normalized spacial score (nSPS) is 10.1. The van der Waals surface area contributed by atoms with Crippen molar-refractivity contribution in [3.8, 4) is 0 Å². The van der Waals surface area contributed by atoms with E-state index in [1.807, 2.05) is 0 Å². The topological polar surface area (TPSA) is 102 Å². The van der Waals surface area contributed by atoms with E-state index in [0.717, 1.165) is 6.42 Å². The van der Waals surface area contributed by atoms with Crippen LogP contribution < -0.4 is 11.1 Å². The first kappa shape index (κ1) is 14.0.